The molecule has 11 nitrogen and oxygen atoms in total. The second kappa shape index (κ2) is 11.5. The number of carbonyl (C=O) groups is 2. The highest BCUT2D eigenvalue weighted by Crippen LogP contribution is 2.30. The van der Waals surface area contributed by atoms with Crippen LogP contribution in [0.25, 0.3) is 11.3 Å². The predicted octanol–water partition coefficient (Wildman–Crippen LogP) is 3.06. The molecule has 2 N–H and O–H groups in total. The third-order valence-corrected chi connectivity index (χ3v) is 7.16. The van der Waals surface area contributed by atoms with E-state index in [0.29, 0.717) is 49.3 Å². The van der Waals surface area contributed by atoms with E-state index < -0.39 is 6.09 Å². The average Bonchev–Trinajstić information content (AvgIpc) is 3.55. The van der Waals surface area contributed by atoms with Crippen molar-refractivity contribution in [1.29, 1.82) is 0 Å². The number of likely N-dealkylation sites (N-methyl/N-ethyl adjacent to an activating group) is 1. The lowest BCUT2D eigenvalue weighted by atomic mass is 10.1. The highest BCUT2D eigenvalue weighted by atomic mass is 16.6. The van der Waals surface area contributed by atoms with Gasteiger partial charge >= 0.3 is 6.09 Å². The standard InChI is InChI=1S/C29H32N6O5/c1-34-13-11-22(16-34)39-27-7-3-6-23(31-27)20-5-2-4-19(14-20)15-30-12-10-21-17-35(29(37)40-21)25-9-8-24-28(32-25)33-26(36)18-38-24/h2-9,14,21-22,30H,10-13,15-18H2,1H3,(H,32,33,36). The van der Waals surface area contributed by atoms with Gasteiger partial charge < -0.3 is 29.7 Å². The van der Waals surface area contributed by atoms with Crippen LogP contribution in [0, 0.1) is 0 Å². The zero-order valence-electron chi connectivity index (χ0n) is 22.3. The summed E-state index contributed by atoms with van der Waals surface area (Å²) in [5.41, 5.74) is 3.05. The number of carbonyl (C=O) groups excluding carboxylic acids is 2. The number of benzene rings is 1. The monoisotopic (exact) mass is 544 g/mol. The SMILES string of the molecule is CN1CCC(Oc2cccc(-c3cccc(CNCCC4CN(c5ccc6c(n5)NC(=O)CO6)C(=O)O4)c3)n2)C1. The van der Waals surface area contributed by atoms with Crippen LogP contribution < -0.4 is 25.0 Å². The van der Waals surface area contributed by atoms with E-state index in [2.05, 4.69) is 45.8 Å². The fraction of sp³-hybridized carbons (Fsp3) is 0.379. The van der Waals surface area contributed by atoms with Gasteiger partial charge in [-0.05, 0) is 56.3 Å². The van der Waals surface area contributed by atoms with E-state index in [4.69, 9.17) is 19.2 Å². The molecule has 3 aliphatic heterocycles. The summed E-state index contributed by atoms with van der Waals surface area (Å²) in [6, 6.07) is 17.6. The number of ether oxygens (including phenoxy) is 3. The summed E-state index contributed by atoms with van der Waals surface area (Å²) in [6.45, 7) is 3.66. The van der Waals surface area contributed by atoms with Crippen molar-refractivity contribution in [3.8, 4) is 22.9 Å². The topological polar surface area (TPSA) is 118 Å². The largest absolute Gasteiger partial charge is 0.480 e. The molecule has 2 atom stereocenters. The molecule has 2 fully saturated rings. The fourth-order valence-corrected chi connectivity index (χ4v) is 5.10. The number of rotatable bonds is 9. The Hall–Kier alpha value is -4.22. The summed E-state index contributed by atoms with van der Waals surface area (Å²) in [7, 11) is 2.11. The molecule has 3 aliphatic rings. The summed E-state index contributed by atoms with van der Waals surface area (Å²) >= 11 is 0. The number of fused-ring (bicyclic) bond motifs is 1. The van der Waals surface area contributed by atoms with Crippen molar-refractivity contribution >= 4 is 23.6 Å². The third kappa shape index (κ3) is 6.00. The number of nitrogens with one attached hydrogen (secondary N) is 2. The molecule has 0 radical (unpaired) electrons. The van der Waals surface area contributed by atoms with Crippen LogP contribution in [-0.4, -0.2) is 78.9 Å². The molecule has 3 aromatic rings. The first kappa shape index (κ1) is 26.0. The smallest absolute Gasteiger partial charge is 0.415 e. The number of hydrogen-bond donors (Lipinski definition) is 2. The quantitative estimate of drug-likeness (QED) is 0.392. The van der Waals surface area contributed by atoms with Crippen molar-refractivity contribution in [2.45, 2.75) is 31.6 Å². The van der Waals surface area contributed by atoms with Crippen LogP contribution in [0.4, 0.5) is 16.4 Å². The van der Waals surface area contributed by atoms with Crippen LogP contribution in [0.15, 0.2) is 54.6 Å². The summed E-state index contributed by atoms with van der Waals surface area (Å²) in [5, 5.41) is 6.11. The first-order valence-corrected chi connectivity index (χ1v) is 13.5. The first-order valence-electron chi connectivity index (χ1n) is 13.5. The molecular weight excluding hydrogens is 512 g/mol. The van der Waals surface area contributed by atoms with Crippen LogP contribution in [0.5, 0.6) is 11.6 Å². The number of pyridine rings is 2. The van der Waals surface area contributed by atoms with Gasteiger partial charge in [-0.2, -0.15) is 0 Å². The Labute approximate surface area is 232 Å². The van der Waals surface area contributed by atoms with Crippen molar-refractivity contribution in [2.75, 3.05) is 50.1 Å². The van der Waals surface area contributed by atoms with Crippen molar-refractivity contribution in [3.05, 3.63) is 60.2 Å². The molecule has 40 heavy (non-hydrogen) atoms. The number of cyclic esters (lactones) is 1. The Kier molecular flexibility index (Phi) is 7.47. The van der Waals surface area contributed by atoms with Crippen LogP contribution in [0.3, 0.4) is 0 Å². The highest BCUT2D eigenvalue weighted by Gasteiger charge is 2.33. The predicted molar refractivity (Wildman–Crippen MR) is 149 cm³/mol. The number of likely N-dealkylation sites (tertiary alicyclic amines) is 1. The molecule has 2 unspecified atom stereocenters. The molecule has 2 aromatic heterocycles. The Morgan fingerprint density at radius 3 is 2.88 bits per heavy atom. The van der Waals surface area contributed by atoms with Crippen LogP contribution in [0.1, 0.15) is 18.4 Å². The van der Waals surface area contributed by atoms with Gasteiger partial charge in [-0.1, -0.05) is 24.3 Å². The van der Waals surface area contributed by atoms with Gasteiger partial charge in [0.1, 0.15) is 18.0 Å². The summed E-state index contributed by atoms with van der Waals surface area (Å²) in [6.07, 6.45) is 1.14. The van der Waals surface area contributed by atoms with E-state index >= 15 is 0 Å². The number of nitrogens with zero attached hydrogens (tertiary/aromatic N) is 4. The lowest BCUT2D eigenvalue weighted by Gasteiger charge is -2.19. The van der Waals surface area contributed by atoms with Gasteiger partial charge in [0.05, 0.1) is 12.2 Å². The molecule has 2 amide bonds. The zero-order chi connectivity index (χ0) is 27.5. The van der Waals surface area contributed by atoms with Gasteiger partial charge in [0.2, 0.25) is 5.88 Å². The van der Waals surface area contributed by atoms with Crippen LogP contribution in [-0.2, 0) is 16.1 Å². The molecular formula is C29H32N6O5. The molecule has 5 heterocycles. The van der Waals surface area contributed by atoms with E-state index in [0.717, 1.165) is 36.3 Å². The lowest BCUT2D eigenvalue weighted by molar-refractivity contribution is -0.118. The van der Waals surface area contributed by atoms with Crippen molar-refractivity contribution in [2.24, 2.45) is 0 Å². The fourth-order valence-electron chi connectivity index (χ4n) is 5.10. The third-order valence-electron chi connectivity index (χ3n) is 7.16. The van der Waals surface area contributed by atoms with Crippen LogP contribution in [0.2, 0.25) is 0 Å². The Balaban J connectivity index is 0.997. The number of amides is 2. The average molecular weight is 545 g/mol. The Morgan fingerprint density at radius 2 is 2.00 bits per heavy atom. The maximum Gasteiger partial charge on any atom is 0.415 e. The summed E-state index contributed by atoms with van der Waals surface area (Å²) < 4.78 is 17.0. The second-order valence-corrected chi connectivity index (χ2v) is 10.3. The maximum atomic E-state index is 12.5. The van der Waals surface area contributed by atoms with E-state index in [1.165, 1.54) is 4.90 Å². The summed E-state index contributed by atoms with van der Waals surface area (Å²) in [4.78, 5) is 36.9. The first-order chi connectivity index (χ1) is 19.5. The molecule has 208 valence electrons. The van der Waals surface area contributed by atoms with Crippen molar-refractivity contribution in [3.63, 3.8) is 0 Å². The molecule has 11 heteroatoms. The van der Waals surface area contributed by atoms with E-state index in [9.17, 15) is 9.59 Å². The Bertz CT molecular complexity index is 1400. The van der Waals surface area contributed by atoms with Gasteiger partial charge in [-0.25, -0.2) is 14.8 Å². The number of aromatic nitrogens is 2. The number of hydrogen-bond acceptors (Lipinski definition) is 9. The lowest BCUT2D eigenvalue weighted by Crippen LogP contribution is -2.29. The van der Waals surface area contributed by atoms with E-state index in [-0.39, 0.29) is 24.7 Å². The molecule has 0 saturated carbocycles. The van der Waals surface area contributed by atoms with E-state index in [1.807, 2.05) is 24.3 Å². The molecule has 6 rings (SSSR count). The number of anilines is 2. The molecule has 0 bridgehead atoms. The highest BCUT2D eigenvalue weighted by molar-refractivity contribution is 5.95. The second-order valence-electron chi connectivity index (χ2n) is 10.3. The molecule has 1 aromatic carbocycles. The van der Waals surface area contributed by atoms with Gasteiger partial charge in [0, 0.05) is 31.3 Å². The van der Waals surface area contributed by atoms with Crippen molar-refractivity contribution < 1.29 is 23.8 Å². The summed E-state index contributed by atoms with van der Waals surface area (Å²) in [5.74, 6) is 1.59. The van der Waals surface area contributed by atoms with Crippen LogP contribution >= 0.6 is 0 Å². The molecule has 2 saturated heterocycles. The normalized spacial score (nSPS) is 20.6. The van der Waals surface area contributed by atoms with E-state index in [1.54, 1.807) is 12.1 Å². The zero-order valence-corrected chi connectivity index (χ0v) is 22.3. The van der Waals surface area contributed by atoms with Gasteiger partial charge in [-0.3, -0.25) is 9.69 Å². The molecule has 0 aliphatic carbocycles. The van der Waals surface area contributed by atoms with Gasteiger partial charge in [0.25, 0.3) is 5.91 Å². The minimum absolute atomic E-state index is 0.0449. The van der Waals surface area contributed by atoms with Gasteiger partial charge in [-0.15, -0.1) is 0 Å². The molecule has 0 spiro atoms. The van der Waals surface area contributed by atoms with Gasteiger partial charge in [0.15, 0.2) is 18.2 Å². The van der Waals surface area contributed by atoms with Crippen molar-refractivity contribution in [1.82, 2.24) is 20.2 Å². The Morgan fingerprint density at radius 1 is 1.10 bits per heavy atom. The minimum Gasteiger partial charge on any atom is -0.480 e. The minimum atomic E-state index is -0.452. The maximum absolute atomic E-state index is 12.5.